The maximum absolute atomic E-state index is 11.8. The Bertz CT molecular complexity index is 519. The number of aliphatic hydroxyl groups excluding tert-OH is 1. The number of aromatic carboxylic acids is 1. The van der Waals surface area contributed by atoms with Gasteiger partial charge in [0.15, 0.2) is 5.69 Å². The number of aliphatic hydroxyl groups is 1. The van der Waals surface area contributed by atoms with Crippen LogP contribution in [0.3, 0.4) is 0 Å². The minimum Gasteiger partial charge on any atom is -0.476 e. The van der Waals surface area contributed by atoms with E-state index in [0.29, 0.717) is 0 Å². The van der Waals surface area contributed by atoms with Crippen molar-refractivity contribution in [3.05, 3.63) is 11.4 Å². The molecular weight excluding hydrogens is 250 g/mol. The van der Waals surface area contributed by atoms with E-state index in [2.05, 4.69) is 14.9 Å². The van der Waals surface area contributed by atoms with Crippen LogP contribution < -0.4 is 4.72 Å². The quantitative estimate of drug-likeness (QED) is 0.543. The van der Waals surface area contributed by atoms with Gasteiger partial charge >= 0.3 is 5.97 Å². The van der Waals surface area contributed by atoms with Crippen LogP contribution in [0.4, 0.5) is 0 Å². The molecule has 1 rings (SSSR count). The molecule has 0 aliphatic heterocycles. The molecule has 1 atom stereocenters. The first-order chi connectivity index (χ1) is 7.75. The van der Waals surface area contributed by atoms with E-state index < -0.39 is 32.7 Å². The average Bonchev–Trinajstić information content (AvgIpc) is 2.58. The maximum Gasteiger partial charge on any atom is 0.357 e. The van der Waals surface area contributed by atoms with Crippen LogP contribution in [0.2, 0.25) is 0 Å². The van der Waals surface area contributed by atoms with E-state index in [1.54, 1.807) is 0 Å². The molecule has 0 bridgehead atoms. The summed E-state index contributed by atoms with van der Waals surface area (Å²) in [5.74, 6) is -1.44. The van der Waals surface area contributed by atoms with E-state index in [1.165, 1.54) is 13.8 Å². The van der Waals surface area contributed by atoms with Crippen LogP contribution in [0.5, 0.6) is 0 Å². The van der Waals surface area contributed by atoms with Crippen molar-refractivity contribution >= 4 is 16.0 Å². The smallest absolute Gasteiger partial charge is 0.357 e. The fourth-order valence-corrected chi connectivity index (χ4v) is 2.64. The highest BCUT2D eigenvalue weighted by Gasteiger charge is 2.28. The molecule has 96 valence electrons. The molecule has 0 saturated carbocycles. The van der Waals surface area contributed by atoms with E-state index in [1.807, 2.05) is 0 Å². The molecule has 4 N–H and O–H groups in total. The van der Waals surface area contributed by atoms with E-state index in [0.717, 1.165) is 0 Å². The predicted molar refractivity (Wildman–Crippen MR) is 57.2 cm³/mol. The Labute approximate surface area is 97.7 Å². The first-order valence-corrected chi connectivity index (χ1v) is 6.20. The number of sulfonamides is 1. The summed E-state index contributed by atoms with van der Waals surface area (Å²) in [5.41, 5.74) is -0.443. The number of aryl methyl sites for hydroxylation is 1. The van der Waals surface area contributed by atoms with Gasteiger partial charge in [-0.3, -0.25) is 5.10 Å². The largest absolute Gasteiger partial charge is 0.476 e. The molecule has 17 heavy (non-hydrogen) atoms. The summed E-state index contributed by atoms with van der Waals surface area (Å²) in [7, 11) is -4.00. The zero-order valence-corrected chi connectivity index (χ0v) is 10.1. The molecular formula is C8H13N3O5S. The Balaban J connectivity index is 3.14. The van der Waals surface area contributed by atoms with Gasteiger partial charge in [-0.05, 0) is 13.8 Å². The molecule has 0 radical (unpaired) electrons. The first kappa shape index (κ1) is 13.6. The van der Waals surface area contributed by atoms with Crippen molar-refractivity contribution in [2.45, 2.75) is 24.8 Å². The van der Waals surface area contributed by atoms with Gasteiger partial charge in [0, 0.05) is 6.54 Å². The van der Waals surface area contributed by atoms with E-state index in [-0.39, 0.29) is 12.2 Å². The van der Waals surface area contributed by atoms with Crippen LogP contribution >= 0.6 is 0 Å². The molecule has 0 fully saturated rings. The van der Waals surface area contributed by atoms with Gasteiger partial charge < -0.3 is 10.2 Å². The van der Waals surface area contributed by atoms with Crippen LogP contribution in [0.25, 0.3) is 0 Å². The fraction of sp³-hybridized carbons (Fsp3) is 0.500. The third-order valence-electron chi connectivity index (χ3n) is 1.93. The van der Waals surface area contributed by atoms with Crippen molar-refractivity contribution in [2.24, 2.45) is 0 Å². The molecule has 8 nitrogen and oxygen atoms in total. The number of nitrogens with zero attached hydrogens (tertiary/aromatic N) is 1. The maximum atomic E-state index is 11.8. The molecule has 0 aromatic carbocycles. The normalized spacial score (nSPS) is 13.6. The lowest BCUT2D eigenvalue weighted by Gasteiger charge is -2.08. The van der Waals surface area contributed by atoms with Gasteiger partial charge in [0.2, 0.25) is 10.0 Å². The number of aromatic nitrogens is 2. The highest BCUT2D eigenvalue weighted by molar-refractivity contribution is 7.89. The lowest BCUT2D eigenvalue weighted by Crippen LogP contribution is -2.31. The first-order valence-electron chi connectivity index (χ1n) is 4.71. The fourth-order valence-electron chi connectivity index (χ4n) is 1.20. The second kappa shape index (κ2) is 4.82. The van der Waals surface area contributed by atoms with Gasteiger partial charge in [0.05, 0.1) is 11.8 Å². The summed E-state index contributed by atoms with van der Waals surface area (Å²) in [4.78, 5) is 10.4. The van der Waals surface area contributed by atoms with Gasteiger partial charge in [-0.15, -0.1) is 0 Å². The standard InChI is InChI=1S/C8H13N3O5S/c1-4(12)3-9-17(15,16)7-5(2)10-11-6(7)8(13)14/h4,9,12H,3H2,1-2H3,(H,10,11)(H,13,14). The third kappa shape index (κ3) is 3.02. The number of carboxylic acids is 1. The predicted octanol–water partition coefficient (Wildman–Crippen LogP) is -0.925. The Morgan fingerprint density at radius 2 is 2.18 bits per heavy atom. The van der Waals surface area contributed by atoms with E-state index in [9.17, 15) is 13.2 Å². The van der Waals surface area contributed by atoms with E-state index in [4.69, 9.17) is 10.2 Å². The Kier molecular flexibility index (Phi) is 3.86. The Morgan fingerprint density at radius 3 is 2.65 bits per heavy atom. The molecule has 0 spiro atoms. The molecule has 1 heterocycles. The van der Waals surface area contributed by atoms with Crippen LogP contribution in [-0.2, 0) is 10.0 Å². The molecule has 0 aliphatic carbocycles. The van der Waals surface area contributed by atoms with Gasteiger partial charge in [-0.1, -0.05) is 0 Å². The topological polar surface area (TPSA) is 132 Å². The van der Waals surface area contributed by atoms with Crippen LogP contribution in [0.15, 0.2) is 4.90 Å². The Morgan fingerprint density at radius 1 is 1.59 bits per heavy atom. The monoisotopic (exact) mass is 263 g/mol. The number of hydrogen-bond donors (Lipinski definition) is 4. The van der Waals surface area contributed by atoms with E-state index >= 15 is 0 Å². The number of H-pyrrole nitrogens is 1. The van der Waals surface area contributed by atoms with Crippen molar-refractivity contribution in [2.75, 3.05) is 6.54 Å². The zero-order valence-electron chi connectivity index (χ0n) is 9.26. The summed E-state index contributed by atoms with van der Waals surface area (Å²) >= 11 is 0. The van der Waals surface area contributed by atoms with Gasteiger partial charge in [-0.25, -0.2) is 17.9 Å². The number of rotatable bonds is 5. The summed E-state index contributed by atoms with van der Waals surface area (Å²) < 4.78 is 25.7. The van der Waals surface area contributed by atoms with Crippen LogP contribution in [0, 0.1) is 6.92 Å². The third-order valence-corrected chi connectivity index (χ3v) is 3.51. The van der Waals surface area contributed by atoms with Gasteiger partial charge in [-0.2, -0.15) is 5.10 Å². The number of aromatic amines is 1. The molecule has 9 heteroatoms. The zero-order chi connectivity index (χ0) is 13.2. The Hall–Kier alpha value is -1.45. The van der Waals surface area contributed by atoms with Crippen molar-refractivity contribution < 1.29 is 23.4 Å². The minimum absolute atomic E-state index is 0.125. The lowest BCUT2D eigenvalue weighted by atomic mass is 10.4. The second-order valence-electron chi connectivity index (χ2n) is 3.53. The number of carbonyl (C=O) groups is 1. The average molecular weight is 263 g/mol. The summed E-state index contributed by atoms with van der Waals surface area (Å²) in [6.07, 6.45) is -0.870. The highest BCUT2D eigenvalue weighted by atomic mass is 32.2. The second-order valence-corrected chi connectivity index (χ2v) is 5.24. The minimum atomic E-state index is -4.00. The van der Waals surface area contributed by atoms with Crippen LogP contribution in [-0.4, -0.2) is 47.4 Å². The molecule has 1 aromatic heterocycles. The number of carboxylic acid groups (broad SMARTS) is 1. The molecule has 0 saturated heterocycles. The lowest BCUT2D eigenvalue weighted by molar-refractivity contribution is 0.0686. The number of nitrogens with one attached hydrogen (secondary N) is 2. The van der Waals surface area contributed by atoms with Gasteiger partial charge in [0.25, 0.3) is 0 Å². The summed E-state index contributed by atoms with van der Waals surface area (Å²) in [6.45, 7) is 2.60. The summed E-state index contributed by atoms with van der Waals surface area (Å²) in [5, 5.41) is 23.5. The van der Waals surface area contributed by atoms with Crippen LogP contribution in [0.1, 0.15) is 23.1 Å². The molecule has 0 aliphatic rings. The summed E-state index contributed by atoms with van der Waals surface area (Å²) in [6, 6.07) is 0. The van der Waals surface area contributed by atoms with Crippen molar-refractivity contribution in [3.63, 3.8) is 0 Å². The highest BCUT2D eigenvalue weighted by Crippen LogP contribution is 2.17. The van der Waals surface area contributed by atoms with Crippen molar-refractivity contribution in [1.82, 2.24) is 14.9 Å². The molecule has 1 aromatic rings. The van der Waals surface area contributed by atoms with Crippen molar-refractivity contribution in [3.8, 4) is 0 Å². The molecule has 1 unspecified atom stereocenters. The SMILES string of the molecule is Cc1[nH]nc(C(=O)O)c1S(=O)(=O)NCC(C)O. The van der Waals surface area contributed by atoms with Crippen molar-refractivity contribution in [1.29, 1.82) is 0 Å². The number of hydrogen-bond acceptors (Lipinski definition) is 5. The van der Waals surface area contributed by atoms with Gasteiger partial charge in [0.1, 0.15) is 4.90 Å². The molecule has 0 amide bonds.